The highest BCUT2D eigenvalue weighted by molar-refractivity contribution is 6.37. The molecule has 2 rings (SSSR count). The van der Waals surface area contributed by atoms with Crippen molar-refractivity contribution in [3.63, 3.8) is 0 Å². The van der Waals surface area contributed by atoms with E-state index < -0.39 is 5.00 Å². The van der Waals surface area contributed by atoms with Crippen LogP contribution >= 0.6 is 11.6 Å². The molecule has 0 radical (unpaired) electrons. The number of likely N-dealkylation sites (tertiary alicyclic amines) is 1. The Morgan fingerprint density at radius 2 is 1.82 bits per heavy atom. The molecule has 17 heavy (non-hydrogen) atoms. The monoisotopic (exact) mass is 252 g/mol. The topological polar surface area (TPSA) is 46.3 Å². The lowest BCUT2D eigenvalue weighted by atomic mass is 9.83. The lowest BCUT2D eigenvalue weighted by molar-refractivity contribution is -0.162. The highest BCUT2D eigenvalue weighted by Gasteiger charge is 2.61. The molecular weight excluding hydrogens is 236 g/mol. The summed E-state index contributed by atoms with van der Waals surface area (Å²) < 4.78 is 0. The number of amides is 1. The van der Waals surface area contributed by atoms with E-state index in [2.05, 4.69) is 0 Å². The number of hydrogen-bond acceptors (Lipinski definition) is 2. The minimum atomic E-state index is -1.31. The van der Waals surface area contributed by atoms with Crippen molar-refractivity contribution in [2.75, 3.05) is 0 Å². The van der Waals surface area contributed by atoms with E-state index in [-0.39, 0.29) is 17.5 Å². The first-order valence-electron chi connectivity index (χ1n) is 5.63. The van der Waals surface area contributed by atoms with Crippen molar-refractivity contribution in [3.8, 4) is 0 Å². The number of hydrogen-bond donors (Lipinski definition) is 1. The maximum atomic E-state index is 12.0. The summed E-state index contributed by atoms with van der Waals surface area (Å²) in [6, 6.07) is 9.40. The molecule has 2 N–H and O–H groups in total. The van der Waals surface area contributed by atoms with E-state index in [1.807, 2.05) is 51.1 Å². The smallest absolute Gasteiger partial charge is 0.261 e. The van der Waals surface area contributed by atoms with Gasteiger partial charge in [-0.05, 0) is 26.3 Å². The van der Waals surface area contributed by atoms with Crippen molar-refractivity contribution in [1.29, 1.82) is 0 Å². The summed E-state index contributed by atoms with van der Waals surface area (Å²) in [6.07, 6.45) is 0. The average Bonchev–Trinajstić information content (AvgIpc) is 2.24. The summed E-state index contributed by atoms with van der Waals surface area (Å²) in [7, 11) is 0. The number of nitrogens with zero attached hydrogens (tertiary/aromatic N) is 1. The predicted octanol–water partition coefficient (Wildman–Crippen LogP) is 2.26. The van der Waals surface area contributed by atoms with Crippen LogP contribution in [0.4, 0.5) is 0 Å². The molecule has 1 aliphatic rings. The predicted molar refractivity (Wildman–Crippen MR) is 68.6 cm³/mol. The molecule has 92 valence electrons. The van der Waals surface area contributed by atoms with Crippen molar-refractivity contribution < 1.29 is 4.79 Å². The maximum absolute atomic E-state index is 12.0. The van der Waals surface area contributed by atoms with Gasteiger partial charge in [0.05, 0.1) is 6.04 Å². The van der Waals surface area contributed by atoms with Crippen molar-refractivity contribution in [3.05, 3.63) is 35.9 Å². The Balaban J connectivity index is 2.41. The second kappa shape index (κ2) is 3.72. The quantitative estimate of drug-likeness (QED) is 0.473. The summed E-state index contributed by atoms with van der Waals surface area (Å²) in [6.45, 7) is 5.94. The van der Waals surface area contributed by atoms with Crippen LogP contribution in [0.25, 0.3) is 0 Å². The van der Waals surface area contributed by atoms with E-state index in [0.29, 0.717) is 0 Å². The standard InChI is InChI=1S/C13H17ClN2O/c1-12(2,3)16-10(13(14,15)11(16)17)9-7-5-4-6-8-9/h4-8,10H,15H2,1-3H3/t10-,13-/m1/s1. The van der Waals surface area contributed by atoms with E-state index >= 15 is 0 Å². The minimum Gasteiger partial charge on any atom is -0.324 e. The zero-order valence-electron chi connectivity index (χ0n) is 10.3. The van der Waals surface area contributed by atoms with Gasteiger partial charge in [0.1, 0.15) is 0 Å². The van der Waals surface area contributed by atoms with E-state index in [9.17, 15) is 4.79 Å². The summed E-state index contributed by atoms with van der Waals surface area (Å²) in [5.41, 5.74) is 6.59. The van der Waals surface area contributed by atoms with Gasteiger partial charge in [-0.15, -0.1) is 0 Å². The third-order valence-electron chi connectivity index (χ3n) is 3.04. The number of carbonyl (C=O) groups excluding carboxylic acids is 1. The number of nitrogens with two attached hydrogens (primary N) is 1. The van der Waals surface area contributed by atoms with Gasteiger partial charge in [-0.25, -0.2) is 0 Å². The van der Waals surface area contributed by atoms with Gasteiger partial charge in [0.15, 0.2) is 5.00 Å². The average molecular weight is 253 g/mol. The molecule has 1 saturated heterocycles. The number of β-lactam (4-membered cyclic amide) rings is 1. The van der Waals surface area contributed by atoms with Gasteiger partial charge in [-0.3, -0.25) is 4.79 Å². The van der Waals surface area contributed by atoms with Gasteiger partial charge in [-0.1, -0.05) is 41.9 Å². The van der Waals surface area contributed by atoms with Gasteiger partial charge in [0.2, 0.25) is 0 Å². The Labute approximate surface area is 107 Å². The number of carbonyl (C=O) groups is 1. The number of alkyl halides is 1. The van der Waals surface area contributed by atoms with E-state index in [1.165, 1.54) is 0 Å². The molecule has 1 amide bonds. The first-order valence-corrected chi connectivity index (χ1v) is 6.00. The molecule has 0 bridgehead atoms. The van der Waals surface area contributed by atoms with Crippen LogP contribution < -0.4 is 5.73 Å². The molecule has 1 aromatic carbocycles. The Morgan fingerprint density at radius 3 is 2.29 bits per heavy atom. The van der Waals surface area contributed by atoms with Crippen LogP contribution in [-0.4, -0.2) is 21.3 Å². The number of halogens is 1. The van der Waals surface area contributed by atoms with E-state index in [4.69, 9.17) is 17.3 Å². The second-order valence-corrected chi connectivity index (χ2v) is 6.05. The minimum absolute atomic E-state index is 0.208. The second-order valence-electron chi connectivity index (χ2n) is 5.43. The first kappa shape index (κ1) is 12.4. The molecule has 0 spiro atoms. The van der Waals surface area contributed by atoms with E-state index in [1.54, 1.807) is 4.90 Å². The Kier molecular flexibility index (Phi) is 2.71. The lowest BCUT2D eigenvalue weighted by Gasteiger charge is -2.56. The molecule has 0 unspecified atom stereocenters. The van der Waals surface area contributed by atoms with Crippen LogP contribution in [0, 0.1) is 0 Å². The van der Waals surface area contributed by atoms with Crippen LogP contribution in [0.1, 0.15) is 32.4 Å². The number of rotatable bonds is 1. The molecule has 0 saturated carbocycles. The number of benzene rings is 1. The van der Waals surface area contributed by atoms with Crippen LogP contribution in [0.15, 0.2) is 30.3 Å². The normalized spacial score (nSPS) is 29.1. The van der Waals surface area contributed by atoms with Gasteiger partial charge >= 0.3 is 0 Å². The summed E-state index contributed by atoms with van der Waals surface area (Å²) in [5, 5.41) is 0. The molecule has 1 fully saturated rings. The SMILES string of the molecule is CC(C)(C)N1C(=O)[C@@](N)(Cl)[C@H]1c1ccccc1. The molecule has 1 aliphatic heterocycles. The van der Waals surface area contributed by atoms with Crippen molar-refractivity contribution in [2.24, 2.45) is 5.73 Å². The van der Waals surface area contributed by atoms with Crippen LogP contribution in [0.2, 0.25) is 0 Å². The van der Waals surface area contributed by atoms with Gasteiger partial charge in [0, 0.05) is 5.54 Å². The van der Waals surface area contributed by atoms with Crippen LogP contribution in [0.5, 0.6) is 0 Å². The van der Waals surface area contributed by atoms with Crippen molar-refractivity contribution in [2.45, 2.75) is 37.4 Å². The molecule has 0 aromatic heterocycles. The molecule has 2 atom stereocenters. The highest BCUT2D eigenvalue weighted by atomic mass is 35.5. The fourth-order valence-corrected chi connectivity index (χ4v) is 2.57. The molecular formula is C13H17ClN2O. The zero-order chi connectivity index (χ0) is 12.8. The van der Waals surface area contributed by atoms with E-state index in [0.717, 1.165) is 5.56 Å². The van der Waals surface area contributed by atoms with Gasteiger partial charge < -0.3 is 10.6 Å². The maximum Gasteiger partial charge on any atom is 0.261 e. The molecule has 4 heteroatoms. The summed E-state index contributed by atoms with van der Waals surface area (Å²) in [5.74, 6) is -0.208. The fourth-order valence-electron chi connectivity index (χ4n) is 2.26. The third kappa shape index (κ3) is 1.83. The fraction of sp³-hybridized carbons (Fsp3) is 0.462. The Hall–Kier alpha value is -1.06. The van der Waals surface area contributed by atoms with Crippen LogP contribution in [-0.2, 0) is 4.79 Å². The lowest BCUT2D eigenvalue weighted by Crippen LogP contribution is -2.74. The zero-order valence-corrected chi connectivity index (χ0v) is 11.0. The summed E-state index contributed by atoms with van der Waals surface area (Å²) >= 11 is 6.14. The van der Waals surface area contributed by atoms with Gasteiger partial charge in [0.25, 0.3) is 5.91 Å². The van der Waals surface area contributed by atoms with Gasteiger partial charge in [-0.2, -0.15) is 0 Å². The van der Waals surface area contributed by atoms with Crippen LogP contribution in [0.3, 0.4) is 0 Å². The van der Waals surface area contributed by atoms with Crippen molar-refractivity contribution >= 4 is 17.5 Å². The molecule has 1 aromatic rings. The molecule has 3 nitrogen and oxygen atoms in total. The highest BCUT2D eigenvalue weighted by Crippen LogP contribution is 2.48. The first-order chi connectivity index (χ1) is 7.76. The Bertz CT molecular complexity index is 436. The van der Waals surface area contributed by atoms with Crippen molar-refractivity contribution in [1.82, 2.24) is 4.90 Å². The molecule has 1 heterocycles. The summed E-state index contributed by atoms with van der Waals surface area (Å²) in [4.78, 5) is 12.4. The third-order valence-corrected chi connectivity index (χ3v) is 3.41. The largest absolute Gasteiger partial charge is 0.324 e. The molecule has 0 aliphatic carbocycles. The Morgan fingerprint density at radius 1 is 1.29 bits per heavy atom.